The minimum Gasteiger partial charge on any atom is -0.478 e. The molecule has 2 aromatic carbocycles. The van der Waals surface area contributed by atoms with Crippen molar-refractivity contribution < 1.29 is 18.7 Å². The van der Waals surface area contributed by atoms with Crippen molar-refractivity contribution in [1.82, 2.24) is 0 Å². The van der Waals surface area contributed by atoms with Gasteiger partial charge in [-0.15, -0.1) is 0 Å². The van der Waals surface area contributed by atoms with E-state index in [9.17, 15) is 18.7 Å². The highest BCUT2D eigenvalue weighted by atomic mass is 19.1. The zero-order valence-electron chi connectivity index (χ0n) is 14.1. The Morgan fingerprint density at radius 2 is 1.88 bits per heavy atom. The summed E-state index contributed by atoms with van der Waals surface area (Å²) in [6.45, 7) is 0. The van der Waals surface area contributed by atoms with Crippen LogP contribution in [0.1, 0.15) is 52.7 Å². The molecule has 134 valence electrons. The standard InChI is InChI=1S/C21H19F2NO2/c22-12-6-7-13(16(23)9-12)20-18-11-5-4-10(8-11)17(18)14-2-1-3-15(21(25)26)19(14)24-20/h1-3,6-7,9-11,17-18,20,24H,4-5,8H2,(H,25,26)/t10-,11-,17-,18-,20-/m1/s1. The minimum atomic E-state index is -0.991. The monoisotopic (exact) mass is 355 g/mol. The van der Waals surface area contributed by atoms with Crippen molar-refractivity contribution in [2.24, 2.45) is 17.8 Å². The highest BCUT2D eigenvalue weighted by molar-refractivity contribution is 5.95. The lowest BCUT2D eigenvalue weighted by Gasteiger charge is -2.44. The maximum absolute atomic E-state index is 14.6. The lowest BCUT2D eigenvalue weighted by Crippen LogP contribution is -2.36. The predicted molar refractivity (Wildman–Crippen MR) is 93.2 cm³/mol. The number of benzene rings is 2. The molecule has 1 heterocycles. The van der Waals surface area contributed by atoms with E-state index in [0.29, 0.717) is 23.1 Å². The van der Waals surface area contributed by atoms with Crippen LogP contribution in [0.15, 0.2) is 36.4 Å². The number of para-hydroxylation sites is 1. The molecular weight excluding hydrogens is 336 g/mol. The van der Waals surface area contributed by atoms with Gasteiger partial charge in [0.05, 0.1) is 17.3 Å². The molecule has 5 atom stereocenters. The molecule has 0 spiro atoms. The van der Waals surface area contributed by atoms with Gasteiger partial charge >= 0.3 is 5.97 Å². The lowest BCUT2D eigenvalue weighted by atomic mass is 9.67. The van der Waals surface area contributed by atoms with Crippen molar-refractivity contribution in [2.45, 2.75) is 31.2 Å². The molecule has 0 radical (unpaired) electrons. The highest BCUT2D eigenvalue weighted by Gasteiger charge is 2.54. The molecule has 5 rings (SSSR count). The molecule has 3 aliphatic rings. The fraction of sp³-hybridized carbons (Fsp3) is 0.381. The first-order valence-electron chi connectivity index (χ1n) is 9.12. The first-order chi connectivity index (χ1) is 12.5. The van der Waals surface area contributed by atoms with Gasteiger partial charge in [0.25, 0.3) is 0 Å². The molecule has 0 aromatic heterocycles. The number of carbonyl (C=O) groups is 1. The van der Waals surface area contributed by atoms with Gasteiger partial charge in [-0.25, -0.2) is 13.6 Å². The fourth-order valence-electron chi connectivity index (χ4n) is 5.75. The average Bonchev–Trinajstić information content (AvgIpc) is 3.23. The Morgan fingerprint density at radius 3 is 2.65 bits per heavy atom. The van der Waals surface area contributed by atoms with Crippen molar-refractivity contribution in [1.29, 1.82) is 0 Å². The van der Waals surface area contributed by atoms with E-state index in [4.69, 9.17) is 0 Å². The van der Waals surface area contributed by atoms with Crippen molar-refractivity contribution >= 4 is 11.7 Å². The van der Waals surface area contributed by atoms with Gasteiger partial charge in [-0.1, -0.05) is 18.2 Å². The number of hydrogen-bond donors (Lipinski definition) is 2. The van der Waals surface area contributed by atoms with Crippen LogP contribution in [0.4, 0.5) is 14.5 Å². The van der Waals surface area contributed by atoms with Gasteiger partial charge in [-0.3, -0.25) is 0 Å². The summed E-state index contributed by atoms with van der Waals surface area (Å²) in [6.07, 6.45) is 3.37. The smallest absolute Gasteiger partial charge is 0.337 e. The number of halogens is 2. The van der Waals surface area contributed by atoms with Crippen LogP contribution in [-0.4, -0.2) is 11.1 Å². The highest BCUT2D eigenvalue weighted by Crippen LogP contribution is 2.64. The summed E-state index contributed by atoms with van der Waals surface area (Å²) < 4.78 is 28.0. The topological polar surface area (TPSA) is 49.3 Å². The maximum Gasteiger partial charge on any atom is 0.337 e. The molecule has 2 fully saturated rings. The minimum absolute atomic E-state index is 0.213. The van der Waals surface area contributed by atoms with E-state index in [0.717, 1.165) is 30.9 Å². The zero-order chi connectivity index (χ0) is 18.0. The lowest BCUT2D eigenvalue weighted by molar-refractivity contribution is 0.0697. The van der Waals surface area contributed by atoms with Gasteiger partial charge in [-0.05, 0) is 60.6 Å². The number of aromatic carboxylic acids is 1. The Bertz CT molecular complexity index is 913. The third-order valence-electron chi connectivity index (χ3n) is 6.65. The van der Waals surface area contributed by atoms with Crippen molar-refractivity contribution in [2.75, 3.05) is 5.32 Å². The Hall–Kier alpha value is -2.43. The van der Waals surface area contributed by atoms with E-state index in [2.05, 4.69) is 5.32 Å². The SMILES string of the molecule is O=C(O)c1cccc2c1N[C@H](c1ccc(F)cc1F)[C@@H]1[C@@H]3CC[C@H](C3)[C@H]21. The molecule has 2 bridgehead atoms. The number of rotatable bonds is 2. The molecule has 5 heteroatoms. The van der Waals surface area contributed by atoms with Gasteiger partial charge < -0.3 is 10.4 Å². The zero-order valence-corrected chi connectivity index (χ0v) is 14.1. The second kappa shape index (κ2) is 5.53. The second-order valence-corrected chi connectivity index (χ2v) is 7.80. The van der Waals surface area contributed by atoms with Crippen LogP contribution in [-0.2, 0) is 0 Å². The summed E-state index contributed by atoms with van der Waals surface area (Å²) >= 11 is 0. The van der Waals surface area contributed by atoms with Crippen molar-refractivity contribution in [3.63, 3.8) is 0 Å². The largest absolute Gasteiger partial charge is 0.478 e. The summed E-state index contributed by atoms with van der Waals surface area (Å²) in [5.74, 6) is -0.703. The van der Waals surface area contributed by atoms with Crippen LogP contribution in [0.25, 0.3) is 0 Å². The number of fused-ring (bicyclic) bond motifs is 7. The second-order valence-electron chi connectivity index (χ2n) is 7.80. The van der Waals surface area contributed by atoms with Crippen LogP contribution >= 0.6 is 0 Å². The number of hydrogen-bond acceptors (Lipinski definition) is 2. The molecule has 0 saturated heterocycles. The molecule has 2 aliphatic carbocycles. The molecular formula is C21H19F2NO2. The molecule has 2 aromatic rings. The van der Waals surface area contributed by atoms with E-state index in [1.54, 1.807) is 12.1 Å². The van der Waals surface area contributed by atoms with E-state index < -0.39 is 17.6 Å². The summed E-state index contributed by atoms with van der Waals surface area (Å²) in [6, 6.07) is 8.75. The summed E-state index contributed by atoms with van der Waals surface area (Å²) in [5, 5.41) is 12.9. The molecule has 26 heavy (non-hydrogen) atoms. The predicted octanol–water partition coefficient (Wildman–Crippen LogP) is 4.96. The van der Waals surface area contributed by atoms with Crippen LogP contribution in [0.3, 0.4) is 0 Å². The first-order valence-corrected chi connectivity index (χ1v) is 9.12. The molecule has 3 nitrogen and oxygen atoms in total. The van der Waals surface area contributed by atoms with Crippen LogP contribution < -0.4 is 5.32 Å². The van der Waals surface area contributed by atoms with Gasteiger partial charge in [0.1, 0.15) is 11.6 Å². The number of anilines is 1. The van der Waals surface area contributed by atoms with Gasteiger partial charge in [0.2, 0.25) is 0 Å². The third-order valence-corrected chi connectivity index (χ3v) is 6.65. The third kappa shape index (κ3) is 2.12. The number of carboxylic acid groups (broad SMARTS) is 1. The number of nitrogens with one attached hydrogen (secondary N) is 1. The van der Waals surface area contributed by atoms with E-state index in [-0.39, 0.29) is 23.4 Å². The van der Waals surface area contributed by atoms with E-state index in [1.165, 1.54) is 12.1 Å². The maximum atomic E-state index is 14.6. The molecule has 2 N–H and O–H groups in total. The van der Waals surface area contributed by atoms with Gasteiger partial charge in [0.15, 0.2) is 0 Å². The van der Waals surface area contributed by atoms with Crippen LogP contribution in [0.2, 0.25) is 0 Å². The Kier molecular flexibility index (Phi) is 3.36. The summed E-state index contributed by atoms with van der Waals surface area (Å²) in [5.41, 5.74) is 2.29. The van der Waals surface area contributed by atoms with Crippen molar-refractivity contribution in [3.8, 4) is 0 Å². The number of carboxylic acids is 1. The molecule has 0 unspecified atom stereocenters. The summed E-state index contributed by atoms with van der Waals surface area (Å²) in [7, 11) is 0. The van der Waals surface area contributed by atoms with Crippen molar-refractivity contribution in [3.05, 3.63) is 64.7 Å². The normalized spacial score (nSPS) is 31.2. The Morgan fingerprint density at radius 1 is 1.08 bits per heavy atom. The first kappa shape index (κ1) is 15.8. The quantitative estimate of drug-likeness (QED) is 0.800. The molecule has 0 amide bonds. The van der Waals surface area contributed by atoms with Crippen LogP contribution in [0, 0.1) is 29.4 Å². The van der Waals surface area contributed by atoms with Gasteiger partial charge in [-0.2, -0.15) is 0 Å². The fourth-order valence-corrected chi connectivity index (χ4v) is 5.75. The van der Waals surface area contributed by atoms with E-state index in [1.807, 2.05) is 6.07 Å². The van der Waals surface area contributed by atoms with Gasteiger partial charge in [0, 0.05) is 11.6 Å². The molecule has 1 aliphatic heterocycles. The Balaban J connectivity index is 1.69. The van der Waals surface area contributed by atoms with Crippen LogP contribution in [0.5, 0.6) is 0 Å². The van der Waals surface area contributed by atoms with E-state index >= 15 is 0 Å². The summed E-state index contributed by atoms with van der Waals surface area (Å²) in [4.78, 5) is 11.7. The average molecular weight is 355 g/mol. The Labute approximate surface area is 150 Å². The molecule has 2 saturated carbocycles.